The molecule has 0 saturated carbocycles. The molecule has 0 saturated heterocycles. The highest BCUT2D eigenvalue weighted by Crippen LogP contribution is 2.22. The van der Waals surface area contributed by atoms with Gasteiger partial charge in [0, 0.05) is 44.9 Å². The van der Waals surface area contributed by atoms with Crippen molar-refractivity contribution in [3.05, 3.63) is 41.7 Å². The summed E-state index contributed by atoms with van der Waals surface area (Å²) >= 11 is 0. The van der Waals surface area contributed by atoms with E-state index in [0.717, 1.165) is 17.1 Å². The molecule has 0 fully saturated rings. The van der Waals surface area contributed by atoms with E-state index < -0.39 is 0 Å². The standard InChI is InChI=1S/C18H28N6O/c1-18(2,3)14-11-21-15(25-14)12-23-17(19-4)22-10-13-8-7-9-20-16(13)24(5)6/h7-9,11H,10,12H2,1-6H3,(H2,19,22,23). The molecule has 0 aliphatic rings. The summed E-state index contributed by atoms with van der Waals surface area (Å²) in [5.74, 6) is 3.14. The van der Waals surface area contributed by atoms with Gasteiger partial charge >= 0.3 is 0 Å². The van der Waals surface area contributed by atoms with Crippen molar-refractivity contribution < 1.29 is 4.42 Å². The molecule has 2 aromatic rings. The third-order valence-corrected chi connectivity index (χ3v) is 3.66. The predicted octanol–water partition coefficient (Wildman–Crippen LogP) is 2.30. The Labute approximate surface area is 149 Å². The van der Waals surface area contributed by atoms with Gasteiger partial charge < -0.3 is 20.0 Å². The zero-order chi connectivity index (χ0) is 18.4. The number of rotatable bonds is 5. The first-order chi connectivity index (χ1) is 11.8. The molecule has 7 nitrogen and oxygen atoms in total. The van der Waals surface area contributed by atoms with Crippen LogP contribution >= 0.6 is 0 Å². The van der Waals surface area contributed by atoms with E-state index in [2.05, 4.69) is 46.4 Å². The van der Waals surface area contributed by atoms with Crippen LogP contribution in [0.2, 0.25) is 0 Å². The fourth-order valence-electron chi connectivity index (χ4n) is 2.27. The molecule has 136 valence electrons. The molecule has 2 aromatic heterocycles. The zero-order valence-corrected chi connectivity index (χ0v) is 15.9. The van der Waals surface area contributed by atoms with Crippen LogP contribution in [0.25, 0.3) is 0 Å². The molecule has 0 atom stereocenters. The summed E-state index contributed by atoms with van der Waals surface area (Å²) in [5.41, 5.74) is 1.05. The summed E-state index contributed by atoms with van der Waals surface area (Å²) < 4.78 is 5.78. The molecule has 0 bridgehead atoms. The van der Waals surface area contributed by atoms with Crippen molar-refractivity contribution in [2.45, 2.75) is 39.3 Å². The van der Waals surface area contributed by atoms with Gasteiger partial charge in [0.15, 0.2) is 5.96 Å². The highest BCUT2D eigenvalue weighted by Gasteiger charge is 2.19. The van der Waals surface area contributed by atoms with E-state index in [1.54, 1.807) is 19.4 Å². The summed E-state index contributed by atoms with van der Waals surface area (Å²) in [5, 5.41) is 6.51. The number of guanidine groups is 1. The third-order valence-electron chi connectivity index (χ3n) is 3.66. The Morgan fingerprint density at radius 1 is 1.20 bits per heavy atom. The van der Waals surface area contributed by atoms with Gasteiger partial charge in [-0.2, -0.15) is 0 Å². The minimum atomic E-state index is -0.0476. The second-order valence-electron chi connectivity index (χ2n) is 7.03. The summed E-state index contributed by atoms with van der Waals surface area (Å²) in [6, 6.07) is 3.98. The Bertz CT molecular complexity index is 714. The number of hydrogen-bond donors (Lipinski definition) is 2. The molecule has 0 aliphatic carbocycles. The Morgan fingerprint density at radius 2 is 1.92 bits per heavy atom. The van der Waals surface area contributed by atoms with Crippen LogP contribution in [0.15, 0.2) is 33.9 Å². The molecule has 0 amide bonds. The monoisotopic (exact) mass is 344 g/mol. The summed E-state index contributed by atoms with van der Waals surface area (Å²) in [7, 11) is 5.70. The minimum Gasteiger partial charge on any atom is -0.443 e. The molecular formula is C18H28N6O. The molecule has 0 aliphatic heterocycles. The molecule has 0 unspecified atom stereocenters. The lowest BCUT2D eigenvalue weighted by Crippen LogP contribution is -2.36. The van der Waals surface area contributed by atoms with Gasteiger partial charge in [-0.05, 0) is 6.07 Å². The number of oxazole rings is 1. The highest BCUT2D eigenvalue weighted by molar-refractivity contribution is 5.79. The smallest absolute Gasteiger partial charge is 0.213 e. The Morgan fingerprint density at radius 3 is 2.52 bits per heavy atom. The van der Waals surface area contributed by atoms with Crippen molar-refractivity contribution in [2.24, 2.45) is 4.99 Å². The van der Waals surface area contributed by atoms with Crippen molar-refractivity contribution in [3.8, 4) is 0 Å². The second-order valence-corrected chi connectivity index (χ2v) is 7.03. The van der Waals surface area contributed by atoms with Crippen LogP contribution in [0.3, 0.4) is 0 Å². The van der Waals surface area contributed by atoms with Gasteiger partial charge in [0.25, 0.3) is 0 Å². The number of nitrogens with one attached hydrogen (secondary N) is 2. The molecular weight excluding hydrogens is 316 g/mol. The molecule has 25 heavy (non-hydrogen) atoms. The highest BCUT2D eigenvalue weighted by atomic mass is 16.4. The average molecular weight is 344 g/mol. The van der Waals surface area contributed by atoms with Gasteiger partial charge in [-0.3, -0.25) is 4.99 Å². The fourth-order valence-corrected chi connectivity index (χ4v) is 2.27. The molecule has 2 heterocycles. The van der Waals surface area contributed by atoms with Crippen LogP contribution in [0.5, 0.6) is 0 Å². The van der Waals surface area contributed by atoms with E-state index in [9.17, 15) is 0 Å². The minimum absolute atomic E-state index is 0.0476. The summed E-state index contributed by atoms with van der Waals surface area (Å²) in [4.78, 5) is 15.0. The first-order valence-corrected chi connectivity index (χ1v) is 8.32. The van der Waals surface area contributed by atoms with E-state index in [1.807, 2.05) is 31.1 Å². The number of anilines is 1. The quantitative estimate of drug-likeness (QED) is 0.640. The number of nitrogens with zero attached hydrogens (tertiary/aromatic N) is 4. The van der Waals surface area contributed by atoms with Crippen molar-refractivity contribution in [2.75, 3.05) is 26.0 Å². The van der Waals surface area contributed by atoms with Gasteiger partial charge in [-0.25, -0.2) is 9.97 Å². The molecule has 2 rings (SSSR count). The van der Waals surface area contributed by atoms with Crippen LogP contribution in [0.1, 0.15) is 38.0 Å². The Kier molecular flexibility index (Phi) is 6.01. The second kappa shape index (κ2) is 8.00. The van der Waals surface area contributed by atoms with Crippen LogP contribution in [0.4, 0.5) is 5.82 Å². The molecule has 2 N–H and O–H groups in total. The van der Waals surface area contributed by atoms with Crippen molar-refractivity contribution in [3.63, 3.8) is 0 Å². The van der Waals surface area contributed by atoms with Crippen LogP contribution in [-0.2, 0) is 18.5 Å². The SMILES string of the molecule is CN=C(NCc1ncc(C(C)(C)C)o1)NCc1cccnc1N(C)C. The summed E-state index contributed by atoms with van der Waals surface area (Å²) in [6.07, 6.45) is 3.58. The van der Waals surface area contributed by atoms with Crippen LogP contribution in [-0.4, -0.2) is 37.1 Å². The lowest BCUT2D eigenvalue weighted by molar-refractivity contribution is 0.379. The molecule has 0 radical (unpaired) electrons. The van der Waals surface area contributed by atoms with Crippen molar-refractivity contribution in [1.29, 1.82) is 0 Å². The normalized spacial score (nSPS) is 12.2. The fraction of sp³-hybridized carbons (Fsp3) is 0.500. The average Bonchev–Trinajstić information content (AvgIpc) is 3.04. The lowest BCUT2D eigenvalue weighted by Gasteiger charge is -2.17. The van der Waals surface area contributed by atoms with E-state index in [-0.39, 0.29) is 5.41 Å². The maximum atomic E-state index is 5.78. The lowest BCUT2D eigenvalue weighted by atomic mass is 9.94. The maximum Gasteiger partial charge on any atom is 0.213 e. The first-order valence-electron chi connectivity index (χ1n) is 8.32. The third kappa shape index (κ3) is 5.20. The number of pyridine rings is 1. The van der Waals surface area contributed by atoms with Gasteiger partial charge in [-0.15, -0.1) is 0 Å². The first kappa shape index (κ1) is 18.8. The van der Waals surface area contributed by atoms with Crippen molar-refractivity contribution in [1.82, 2.24) is 20.6 Å². The van der Waals surface area contributed by atoms with E-state index in [1.165, 1.54) is 0 Å². The Hall–Kier alpha value is -2.57. The Balaban J connectivity index is 1.93. The number of aliphatic imine (C=N–C) groups is 1. The van der Waals surface area contributed by atoms with E-state index in [4.69, 9.17) is 4.42 Å². The molecule has 0 spiro atoms. The largest absolute Gasteiger partial charge is 0.443 e. The molecule has 0 aromatic carbocycles. The number of aromatic nitrogens is 2. The van der Waals surface area contributed by atoms with Gasteiger partial charge in [0.2, 0.25) is 5.89 Å². The predicted molar refractivity (Wildman–Crippen MR) is 101 cm³/mol. The van der Waals surface area contributed by atoms with Crippen molar-refractivity contribution >= 4 is 11.8 Å². The van der Waals surface area contributed by atoms with Gasteiger partial charge in [0.05, 0.1) is 12.7 Å². The van der Waals surface area contributed by atoms with Gasteiger partial charge in [0.1, 0.15) is 11.6 Å². The van der Waals surface area contributed by atoms with Crippen LogP contribution in [0, 0.1) is 0 Å². The van der Waals surface area contributed by atoms with Crippen LogP contribution < -0.4 is 15.5 Å². The molecule has 7 heteroatoms. The number of hydrogen-bond acceptors (Lipinski definition) is 5. The maximum absolute atomic E-state index is 5.78. The van der Waals surface area contributed by atoms with E-state index >= 15 is 0 Å². The summed E-state index contributed by atoms with van der Waals surface area (Å²) in [6.45, 7) is 7.40. The topological polar surface area (TPSA) is 78.6 Å². The zero-order valence-electron chi connectivity index (χ0n) is 15.9. The van der Waals surface area contributed by atoms with Gasteiger partial charge in [-0.1, -0.05) is 26.8 Å². The van der Waals surface area contributed by atoms with E-state index in [0.29, 0.717) is 24.9 Å².